The van der Waals surface area contributed by atoms with Crippen molar-refractivity contribution in [2.24, 2.45) is 4.99 Å². The highest BCUT2D eigenvalue weighted by Crippen LogP contribution is 2.29. The second-order valence-corrected chi connectivity index (χ2v) is 7.57. The molecule has 2 aromatic rings. The highest BCUT2D eigenvalue weighted by atomic mass is 127. The van der Waals surface area contributed by atoms with Gasteiger partial charge in [0.25, 0.3) is 0 Å². The second-order valence-electron chi connectivity index (χ2n) is 6.45. The van der Waals surface area contributed by atoms with E-state index in [0.29, 0.717) is 12.5 Å². The number of rotatable bonds is 5. The summed E-state index contributed by atoms with van der Waals surface area (Å²) in [6.45, 7) is 2.25. The fourth-order valence-corrected chi connectivity index (χ4v) is 4.15. The molecule has 0 saturated carbocycles. The van der Waals surface area contributed by atoms with E-state index in [9.17, 15) is 9.90 Å². The number of benzene rings is 1. The van der Waals surface area contributed by atoms with Crippen molar-refractivity contribution in [3.05, 3.63) is 35.2 Å². The zero-order valence-corrected chi connectivity index (χ0v) is 18.6. The van der Waals surface area contributed by atoms with E-state index < -0.39 is 6.10 Å². The lowest BCUT2D eigenvalue weighted by atomic mass is 10.1. The third-order valence-electron chi connectivity index (χ3n) is 4.58. The maximum atomic E-state index is 12.2. The van der Waals surface area contributed by atoms with Gasteiger partial charge in [0.15, 0.2) is 5.96 Å². The summed E-state index contributed by atoms with van der Waals surface area (Å²) in [5, 5.41) is 17.7. The number of fused-ring (bicyclic) bond motifs is 1. The van der Waals surface area contributed by atoms with Crippen molar-refractivity contribution in [1.82, 2.24) is 15.5 Å². The molecule has 0 spiro atoms. The summed E-state index contributed by atoms with van der Waals surface area (Å²) >= 11 is 1.59. The molecule has 1 unspecified atom stereocenters. The Hall–Kier alpha value is -1.39. The summed E-state index contributed by atoms with van der Waals surface area (Å²) in [7, 11) is 1.66. The van der Waals surface area contributed by atoms with Gasteiger partial charge >= 0.3 is 0 Å². The van der Waals surface area contributed by atoms with Crippen molar-refractivity contribution in [3.8, 4) is 0 Å². The SMILES string of the molecule is CN=C(NCC(=O)N1CCCCC1)NCC(O)c1cc2ccccc2s1.I. The Labute approximate surface area is 181 Å². The fourth-order valence-electron chi connectivity index (χ4n) is 3.10. The number of likely N-dealkylation sites (tertiary alicyclic amines) is 1. The van der Waals surface area contributed by atoms with E-state index >= 15 is 0 Å². The topological polar surface area (TPSA) is 77.0 Å². The number of aliphatic hydroxyl groups excluding tert-OH is 1. The van der Waals surface area contributed by atoms with E-state index in [1.165, 1.54) is 6.42 Å². The number of aliphatic imine (C=N–C) groups is 1. The van der Waals surface area contributed by atoms with Gasteiger partial charge in [-0.1, -0.05) is 18.2 Å². The second kappa shape index (κ2) is 10.8. The number of nitrogens with zero attached hydrogens (tertiary/aromatic N) is 2. The van der Waals surface area contributed by atoms with Crippen LogP contribution in [0.2, 0.25) is 0 Å². The molecule has 1 saturated heterocycles. The van der Waals surface area contributed by atoms with Gasteiger partial charge in [-0.05, 0) is 36.8 Å². The van der Waals surface area contributed by atoms with Gasteiger partial charge in [0.2, 0.25) is 5.91 Å². The van der Waals surface area contributed by atoms with E-state index in [1.807, 2.05) is 29.2 Å². The smallest absolute Gasteiger partial charge is 0.241 e. The standard InChI is InChI=1S/C19H26N4O2S.HI/c1-20-19(22-13-18(25)23-9-5-2-6-10-23)21-12-15(24)17-11-14-7-3-4-8-16(14)26-17;/h3-4,7-8,11,15,24H,2,5-6,9-10,12-13H2,1H3,(H2,20,21,22);1H. The summed E-state index contributed by atoms with van der Waals surface area (Å²) in [6.07, 6.45) is 2.75. The summed E-state index contributed by atoms with van der Waals surface area (Å²) in [5.41, 5.74) is 0. The van der Waals surface area contributed by atoms with Crippen LogP contribution in [0.5, 0.6) is 0 Å². The summed E-state index contributed by atoms with van der Waals surface area (Å²) in [6, 6.07) is 10.1. The number of nitrogens with one attached hydrogen (secondary N) is 2. The lowest BCUT2D eigenvalue weighted by molar-refractivity contribution is -0.130. The highest BCUT2D eigenvalue weighted by molar-refractivity contribution is 14.0. The number of hydrogen-bond acceptors (Lipinski definition) is 4. The van der Waals surface area contributed by atoms with Crippen LogP contribution < -0.4 is 10.6 Å². The van der Waals surface area contributed by atoms with Crippen molar-refractivity contribution >= 4 is 57.3 Å². The molecule has 0 aliphatic carbocycles. The van der Waals surface area contributed by atoms with Gasteiger partial charge in [-0.15, -0.1) is 35.3 Å². The maximum absolute atomic E-state index is 12.2. The van der Waals surface area contributed by atoms with Crippen LogP contribution in [0.15, 0.2) is 35.3 Å². The van der Waals surface area contributed by atoms with Crippen LogP contribution in [-0.4, -0.2) is 55.1 Å². The Morgan fingerprint density at radius 1 is 1.26 bits per heavy atom. The Kier molecular flexibility index (Phi) is 8.78. The lowest BCUT2D eigenvalue weighted by Gasteiger charge is -2.27. The van der Waals surface area contributed by atoms with Crippen molar-refractivity contribution in [3.63, 3.8) is 0 Å². The molecule has 0 radical (unpaired) electrons. The number of halogens is 1. The van der Waals surface area contributed by atoms with E-state index in [0.717, 1.165) is 40.9 Å². The first kappa shape index (κ1) is 21.9. The van der Waals surface area contributed by atoms with Crippen LogP contribution in [0.3, 0.4) is 0 Å². The van der Waals surface area contributed by atoms with Gasteiger partial charge in [-0.3, -0.25) is 9.79 Å². The zero-order valence-electron chi connectivity index (χ0n) is 15.5. The first-order valence-corrected chi connectivity index (χ1v) is 9.88. The molecule has 1 amide bonds. The molecule has 1 aliphatic heterocycles. The lowest BCUT2D eigenvalue weighted by Crippen LogP contribution is -2.46. The Balaban J connectivity index is 0.00000261. The predicted octanol–water partition coefficient (Wildman–Crippen LogP) is 2.73. The molecule has 6 nitrogen and oxygen atoms in total. The molecule has 1 aliphatic rings. The molecule has 148 valence electrons. The predicted molar refractivity (Wildman–Crippen MR) is 122 cm³/mol. The summed E-state index contributed by atoms with van der Waals surface area (Å²) in [4.78, 5) is 19.2. The molecule has 27 heavy (non-hydrogen) atoms. The van der Waals surface area contributed by atoms with Crippen LogP contribution in [0, 0.1) is 0 Å². The van der Waals surface area contributed by atoms with Crippen molar-refractivity contribution < 1.29 is 9.90 Å². The molecule has 1 atom stereocenters. The van der Waals surface area contributed by atoms with Crippen molar-refractivity contribution in [2.45, 2.75) is 25.4 Å². The third-order valence-corrected chi connectivity index (χ3v) is 5.79. The number of hydrogen-bond donors (Lipinski definition) is 3. The van der Waals surface area contributed by atoms with E-state index in [1.54, 1.807) is 18.4 Å². The molecule has 2 heterocycles. The van der Waals surface area contributed by atoms with E-state index in [-0.39, 0.29) is 36.4 Å². The van der Waals surface area contributed by atoms with Crippen LogP contribution in [0.1, 0.15) is 30.2 Å². The van der Waals surface area contributed by atoms with Gasteiger partial charge < -0.3 is 20.6 Å². The number of piperidine rings is 1. The van der Waals surface area contributed by atoms with Gasteiger partial charge in [0.05, 0.1) is 6.54 Å². The molecule has 3 N–H and O–H groups in total. The van der Waals surface area contributed by atoms with E-state index in [4.69, 9.17) is 0 Å². The van der Waals surface area contributed by atoms with Gasteiger partial charge in [-0.2, -0.15) is 0 Å². The van der Waals surface area contributed by atoms with Crippen molar-refractivity contribution in [1.29, 1.82) is 0 Å². The minimum absolute atomic E-state index is 0. The number of carbonyl (C=O) groups is 1. The monoisotopic (exact) mass is 502 g/mol. The molecule has 8 heteroatoms. The Morgan fingerprint density at radius 3 is 2.70 bits per heavy atom. The van der Waals surface area contributed by atoms with Gasteiger partial charge in [0.1, 0.15) is 6.10 Å². The summed E-state index contributed by atoms with van der Waals surface area (Å²) in [5.74, 6) is 0.619. The quantitative estimate of drug-likeness (QED) is 0.334. The maximum Gasteiger partial charge on any atom is 0.241 e. The minimum atomic E-state index is -0.622. The average molecular weight is 502 g/mol. The number of guanidine groups is 1. The Morgan fingerprint density at radius 2 is 2.00 bits per heavy atom. The minimum Gasteiger partial charge on any atom is -0.386 e. The first-order valence-electron chi connectivity index (χ1n) is 9.06. The molecule has 1 aromatic heterocycles. The summed E-state index contributed by atoms with van der Waals surface area (Å²) < 4.78 is 1.16. The normalized spacial score (nSPS) is 15.9. The van der Waals surface area contributed by atoms with Gasteiger partial charge in [-0.25, -0.2) is 0 Å². The average Bonchev–Trinajstić information content (AvgIpc) is 3.12. The molecule has 1 aromatic carbocycles. The molecular formula is C19H27IN4O2S. The van der Waals surface area contributed by atoms with Gasteiger partial charge in [0, 0.05) is 36.3 Å². The fraction of sp³-hybridized carbons (Fsp3) is 0.474. The van der Waals surface area contributed by atoms with Crippen LogP contribution in [-0.2, 0) is 4.79 Å². The van der Waals surface area contributed by atoms with Crippen molar-refractivity contribution in [2.75, 3.05) is 33.2 Å². The number of amides is 1. The number of carbonyl (C=O) groups excluding carboxylic acids is 1. The largest absolute Gasteiger partial charge is 0.386 e. The third kappa shape index (κ3) is 6.05. The van der Waals surface area contributed by atoms with E-state index in [2.05, 4.69) is 21.7 Å². The number of thiophene rings is 1. The molecule has 3 rings (SSSR count). The Bertz CT molecular complexity index is 741. The van der Waals surface area contributed by atoms with Crippen LogP contribution >= 0.6 is 35.3 Å². The molecule has 1 fully saturated rings. The van der Waals surface area contributed by atoms with Crippen LogP contribution in [0.25, 0.3) is 10.1 Å². The van der Waals surface area contributed by atoms with Crippen LogP contribution in [0.4, 0.5) is 0 Å². The first-order chi connectivity index (χ1) is 12.7. The molecule has 0 bridgehead atoms. The highest BCUT2D eigenvalue weighted by Gasteiger charge is 2.17. The zero-order chi connectivity index (χ0) is 18.4. The molecular weight excluding hydrogens is 475 g/mol. The number of aliphatic hydroxyl groups is 1.